The second kappa shape index (κ2) is 8.71. The molecule has 1 aliphatic heterocycles. The Morgan fingerprint density at radius 2 is 2.27 bits per heavy atom. The van der Waals surface area contributed by atoms with Gasteiger partial charge in [0, 0.05) is 43.5 Å². The predicted molar refractivity (Wildman–Crippen MR) is 108 cm³/mol. The Morgan fingerprint density at radius 1 is 1.50 bits per heavy atom. The smallest absolute Gasteiger partial charge is 0.264 e. The number of hydroxylamine groups is 1. The molecular weight excluding hydrogens is 413 g/mol. The van der Waals surface area contributed by atoms with Crippen LogP contribution >= 0.6 is 0 Å². The zero-order valence-electron chi connectivity index (χ0n) is 16.9. The molecule has 2 aromatic rings. The van der Waals surface area contributed by atoms with E-state index in [0.717, 1.165) is 19.1 Å². The van der Waals surface area contributed by atoms with Gasteiger partial charge in [0.2, 0.25) is 0 Å². The van der Waals surface area contributed by atoms with Crippen molar-refractivity contribution in [2.75, 3.05) is 12.9 Å². The Morgan fingerprint density at radius 3 is 2.90 bits per heavy atom. The van der Waals surface area contributed by atoms with Crippen molar-refractivity contribution in [3.63, 3.8) is 0 Å². The molecule has 1 saturated heterocycles. The normalized spacial score (nSPS) is 19.2. The Hall–Kier alpha value is -2.48. The van der Waals surface area contributed by atoms with E-state index in [-0.39, 0.29) is 18.5 Å². The van der Waals surface area contributed by atoms with Crippen molar-refractivity contribution < 1.29 is 27.2 Å². The van der Waals surface area contributed by atoms with Gasteiger partial charge in [-0.15, -0.1) is 6.42 Å². The molecule has 0 aliphatic carbocycles. The number of nitrogens with one attached hydrogen (secondary N) is 1. The van der Waals surface area contributed by atoms with Crippen LogP contribution in [0.25, 0.3) is 10.9 Å². The third-order valence-corrected chi connectivity index (χ3v) is 7.36. The summed E-state index contributed by atoms with van der Waals surface area (Å²) in [7, 11) is -3.79. The van der Waals surface area contributed by atoms with Gasteiger partial charge in [-0.2, -0.15) is 5.10 Å². The van der Waals surface area contributed by atoms with E-state index in [4.69, 9.17) is 16.0 Å². The minimum absolute atomic E-state index is 0.0645. The van der Waals surface area contributed by atoms with Crippen molar-refractivity contribution in [2.45, 2.75) is 50.2 Å². The number of hydrogen-bond acceptors (Lipinski definition) is 6. The maximum Gasteiger partial charge on any atom is 0.264 e. The number of aromatic nitrogens is 2. The molecule has 162 valence electrons. The zero-order chi connectivity index (χ0) is 21.9. The predicted octanol–water partition coefficient (Wildman–Crippen LogP) is 1.92. The Balaban J connectivity index is 1.73. The fourth-order valence-electron chi connectivity index (χ4n) is 3.15. The lowest BCUT2D eigenvalue weighted by molar-refractivity contribution is -0.201. The average molecular weight is 437 g/mol. The monoisotopic (exact) mass is 437 g/mol. The van der Waals surface area contributed by atoms with E-state index in [1.165, 1.54) is 23.7 Å². The molecule has 3 rings (SSSR count). The second-order valence-corrected chi connectivity index (χ2v) is 9.97. The van der Waals surface area contributed by atoms with Gasteiger partial charge >= 0.3 is 0 Å². The molecule has 1 aliphatic rings. The van der Waals surface area contributed by atoms with Crippen LogP contribution in [0.3, 0.4) is 0 Å². The fourth-order valence-corrected chi connectivity index (χ4v) is 3.99. The summed E-state index contributed by atoms with van der Waals surface area (Å²) in [5.41, 5.74) is 2.74. The number of rotatable bonds is 7. The van der Waals surface area contributed by atoms with Gasteiger partial charge < -0.3 is 4.74 Å². The number of aryl methyl sites for hydroxylation is 1. The van der Waals surface area contributed by atoms with Crippen LogP contribution in [0, 0.1) is 18.2 Å². The Bertz CT molecular complexity index is 1090. The maximum atomic E-state index is 13.9. The van der Waals surface area contributed by atoms with Gasteiger partial charge in [-0.25, -0.2) is 23.1 Å². The lowest BCUT2D eigenvalue weighted by atomic mass is 10.1. The van der Waals surface area contributed by atoms with Crippen molar-refractivity contribution in [1.82, 2.24) is 15.3 Å². The highest BCUT2D eigenvalue weighted by atomic mass is 32.2. The van der Waals surface area contributed by atoms with E-state index < -0.39 is 32.6 Å². The van der Waals surface area contributed by atoms with Crippen molar-refractivity contribution in [1.29, 1.82) is 0 Å². The molecule has 1 aromatic carbocycles. The summed E-state index contributed by atoms with van der Waals surface area (Å²) in [5.74, 6) is 0.922. The van der Waals surface area contributed by atoms with Crippen LogP contribution in [0.2, 0.25) is 0 Å². The van der Waals surface area contributed by atoms with E-state index in [9.17, 15) is 17.6 Å². The molecule has 1 N–H and O–H groups in total. The van der Waals surface area contributed by atoms with Gasteiger partial charge in [0.05, 0.1) is 11.1 Å². The first-order valence-corrected chi connectivity index (χ1v) is 11.4. The zero-order valence-corrected chi connectivity index (χ0v) is 17.7. The number of ether oxygens (including phenoxy) is 1. The van der Waals surface area contributed by atoms with E-state index in [1.54, 1.807) is 6.20 Å². The van der Waals surface area contributed by atoms with Crippen LogP contribution in [-0.4, -0.2) is 48.0 Å². The number of benzene rings is 1. The van der Waals surface area contributed by atoms with Crippen molar-refractivity contribution in [2.24, 2.45) is 0 Å². The van der Waals surface area contributed by atoms with Crippen LogP contribution in [0.1, 0.15) is 38.2 Å². The van der Waals surface area contributed by atoms with Gasteiger partial charge in [-0.05, 0) is 32.3 Å². The highest BCUT2D eigenvalue weighted by Gasteiger charge is 2.44. The lowest BCUT2D eigenvalue weighted by Crippen LogP contribution is -2.51. The molecule has 1 fully saturated rings. The van der Waals surface area contributed by atoms with E-state index in [1.807, 2.05) is 0 Å². The number of halogens is 1. The molecule has 8 nitrogen and oxygen atoms in total. The lowest BCUT2D eigenvalue weighted by Gasteiger charge is -2.28. The van der Waals surface area contributed by atoms with Gasteiger partial charge in [0.25, 0.3) is 5.91 Å². The molecule has 2 heterocycles. The molecule has 1 aromatic heterocycles. The quantitative estimate of drug-likeness (QED) is 0.525. The molecule has 2 atom stereocenters. The SMILES string of the molecule is C#Cc1cc2cn(CC[C@](C)(C(=O)NOC3CCCCO3)S(C)(=O)=O)nc2cc1F. The molecule has 30 heavy (non-hydrogen) atoms. The van der Waals surface area contributed by atoms with Crippen LogP contribution in [0.15, 0.2) is 18.3 Å². The third-order valence-electron chi connectivity index (χ3n) is 5.33. The summed E-state index contributed by atoms with van der Waals surface area (Å²) < 4.78 is 43.8. The van der Waals surface area contributed by atoms with E-state index >= 15 is 0 Å². The molecule has 1 amide bonds. The van der Waals surface area contributed by atoms with E-state index in [0.29, 0.717) is 23.9 Å². The second-order valence-electron chi connectivity index (χ2n) is 7.53. The Kier molecular flexibility index (Phi) is 6.45. The summed E-state index contributed by atoms with van der Waals surface area (Å²) >= 11 is 0. The maximum absolute atomic E-state index is 13.9. The number of nitrogens with zero attached hydrogens (tertiary/aromatic N) is 2. The first kappa shape index (κ1) is 22.2. The molecule has 0 bridgehead atoms. The standard InChI is InChI=1S/C20H24FN3O5S/c1-4-14-11-15-13-24(22-17(15)12-16(14)21)9-8-20(2,30(3,26)27)19(25)23-29-18-7-5-6-10-28-18/h1,11-13,18H,5-10H2,2-3H3,(H,23,25)/t18?,20-/m1/s1. The summed E-state index contributed by atoms with van der Waals surface area (Å²) in [6.45, 7) is 1.97. The first-order valence-electron chi connectivity index (χ1n) is 9.54. The van der Waals surface area contributed by atoms with Gasteiger partial charge in [0.15, 0.2) is 20.9 Å². The number of hydrogen-bond donors (Lipinski definition) is 1. The molecular formula is C20H24FN3O5S. The largest absolute Gasteiger partial charge is 0.350 e. The number of terminal acetylenes is 1. The van der Waals surface area contributed by atoms with Crippen molar-refractivity contribution >= 4 is 26.6 Å². The van der Waals surface area contributed by atoms with Gasteiger partial charge in [-0.3, -0.25) is 9.48 Å². The van der Waals surface area contributed by atoms with Crippen LogP contribution < -0.4 is 5.48 Å². The van der Waals surface area contributed by atoms with Crippen LogP contribution in [-0.2, 0) is 30.8 Å². The fraction of sp³-hybridized carbons (Fsp3) is 0.500. The number of carbonyl (C=O) groups excluding carboxylic acids is 1. The summed E-state index contributed by atoms with van der Waals surface area (Å²) in [4.78, 5) is 18.0. The molecule has 1 unspecified atom stereocenters. The van der Waals surface area contributed by atoms with Crippen LogP contribution in [0.5, 0.6) is 0 Å². The molecule has 0 spiro atoms. The summed E-state index contributed by atoms with van der Waals surface area (Å²) in [5, 5.41) is 4.86. The minimum atomic E-state index is -3.79. The number of fused-ring (bicyclic) bond motifs is 1. The highest BCUT2D eigenvalue weighted by molar-refractivity contribution is 7.92. The number of amides is 1. The van der Waals surface area contributed by atoms with Gasteiger partial charge in [0.1, 0.15) is 5.82 Å². The third kappa shape index (κ3) is 4.64. The van der Waals surface area contributed by atoms with Crippen molar-refractivity contribution in [3.8, 4) is 12.3 Å². The molecule has 0 saturated carbocycles. The number of sulfone groups is 1. The topological polar surface area (TPSA) is 99.5 Å². The molecule has 10 heteroatoms. The average Bonchev–Trinajstić information content (AvgIpc) is 3.10. The summed E-state index contributed by atoms with van der Waals surface area (Å²) in [6, 6.07) is 2.72. The Labute approximate surface area is 174 Å². The number of carbonyl (C=O) groups is 1. The summed E-state index contributed by atoms with van der Waals surface area (Å²) in [6.07, 6.45) is 9.68. The van der Waals surface area contributed by atoms with E-state index in [2.05, 4.69) is 16.5 Å². The minimum Gasteiger partial charge on any atom is -0.350 e. The van der Waals surface area contributed by atoms with Crippen LogP contribution in [0.4, 0.5) is 4.39 Å². The van der Waals surface area contributed by atoms with Crippen molar-refractivity contribution in [3.05, 3.63) is 29.7 Å². The first-order chi connectivity index (χ1) is 14.1. The highest BCUT2D eigenvalue weighted by Crippen LogP contribution is 2.24. The van der Waals surface area contributed by atoms with Gasteiger partial charge in [-0.1, -0.05) is 5.92 Å². The molecule has 0 radical (unpaired) electrons.